The highest BCUT2D eigenvalue weighted by molar-refractivity contribution is 14.1. The van der Waals surface area contributed by atoms with Crippen molar-refractivity contribution in [1.82, 2.24) is 0 Å². The summed E-state index contributed by atoms with van der Waals surface area (Å²) in [5.41, 5.74) is 0.250. The van der Waals surface area contributed by atoms with Crippen LogP contribution >= 0.6 is 34.2 Å². The Morgan fingerprint density at radius 2 is 1.81 bits per heavy atom. The van der Waals surface area contributed by atoms with E-state index < -0.39 is 11.9 Å². The first-order valence-electron chi connectivity index (χ1n) is 5.71. The van der Waals surface area contributed by atoms with Crippen LogP contribution in [-0.2, 0) is 0 Å². The zero-order valence-corrected chi connectivity index (χ0v) is 13.3. The summed E-state index contributed by atoms with van der Waals surface area (Å²) in [5.74, 6) is -2.11. The lowest BCUT2D eigenvalue weighted by Crippen LogP contribution is -2.13. The second-order valence-electron chi connectivity index (χ2n) is 4.12. The SMILES string of the molecule is O=C(O)c1cc(NC(=O)c2cc(I)ccc2Cl)ccc1O. The van der Waals surface area contributed by atoms with E-state index in [9.17, 15) is 14.7 Å². The van der Waals surface area contributed by atoms with Gasteiger partial charge in [0.25, 0.3) is 5.91 Å². The average molecular weight is 418 g/mol. The first-order valence-corrected chi connectivity index (χ1v) is 7.17. The predicted octanol–water partition coefficient (Wildman–Crippen LogP) is 3.60. The van der Waals surface area contributed by atoms with Gasteiger partial charge in [0.2, 0.25) is 0 Å². The van der Waals surface area contributed by atoms with Gasteiger partial charge >= 0.3 is 5.97 Å². The lowest BCUT2D eigenvalue weighted by molar-refractivity contribution is 0.0693. The Bertz CT molecular complexity index is 733. The molecule has 0 aliphatic heterocycles. The topological polar surface area (TPSA) is 86.6 Å². The quantitative estimate of drug-likeness (QED) is 0.526. The molecule has 1 amide bonds. The molecule has 3 N–H and O–H groups in total. The molecule has 0 atom stereocenters. The lowest BCUT2D eigenvalue weighted by Gasteiger charge is -2.08. The maximum absolute atomic E-state index is 12.1. The molecule has 0 unspecified atom stereocenters. The molecule has 0 heterocycles. The fourth-order valence-corrected chi connectivity index (χ4v) is 2.35. The standard InChI is InChI=1S/C14H9ClINO4/c15-11-3-1-7(16)5-9(11)13(19)17-8-2-4-12(18)10(6-8)14(20)21/h1-6,18H,(H,17,19)(H,20,21). The molecular weight excluding hydrogens is 409 g/mol. The van der Waals surface area contributed by atoms with E-state index in [2.05, 4.69) is 27.9 Å². The van der Waals surface area contributed by atoms with Crippen LogP contribution in [0.1, 0.15) is 20.7 Å². The minimum absolute atomic E-state index is 0.255. The van der Waals surface area contributed by atoms with Crippen molar-refractivity contribution < 1.29 is 19.8 Å². The number of hydrogen-bond donors (Lipinski definition) is 3. The molecule has 0 spiro atoms. The molecule has 0 aliphatic rings. The monoisotopic (exact) mass is 417 g/mol. The number of carbonyl (C=O) groups is 2. The number of benzene rings is 2. The summed E-state index contributed by atoms with van der Waals surface area (Å²) < 4.78 is 0.846. The Balaban J connectivity index is 2.29. The van der Waals surface area contributed by atoms with E-state index in [4.69, 9.17) is 16.7 Å². The van der Waals surface area contributed by atoms with Gasteiger partial charge in [-0.3, -0.25) is 4.79 Å². The molecule has 0 saturated heterocycles. The van der Waals surface area contributed by atoms with E-state index in [0.717, 1.165) is 3.57 Å². The second-order valence-corrected chi connectivity index (χ2v) is 5.77. The van der Waals surface area contributed by atoms with Crippen LogP contribution in [0.5, 0.6) is 5.75 Å². The highest BCUT2D eigenvalue weighted by Gasteiger charge is 2.14. The third-order valence-electron chi connectivity index (χ3n) is 2.66. The third-order valence-corrected chi connectivity index (χ3v) is 3.66. The number of carboxylic acids is 1. The average Bonchev–Trinajstić information content (AvgIpc) is 2.43. The minimum atomic E-state index is -1.28. The lowest BCUT2D eigenvalue weighted by atomic mass is 10.1. The maximum Gasteiger partial charge on any atom is 0.339 e. The largest absolute Gasteiger partial charge is 0.507 e. The number of amides is 1. The minimum Gasteiger partial charge on any atom is -0.507 e. The molecule has 0 bridgehead atoms. The van der Waals surface area contributed by atoms with Gasteiger partial charge in [-0.1, -0.05) is 11.6 Å². The van der Waals surface area contributed by atoms with Gasteiger partial charge in [0, 0.05) is 9.26 Å². The van der Waals surface area contributed by atoms with E-state index in [1.54, 1.807) is 18.2 Å². The highest BCUT2D eigenvalue weighted by Crippen LogP contribution is 2.24. The van der Waals surface area contributed by atoms with Crippen molar-refractivity contribution in [3.63, 3.8) is 0 Å². The van der Waals surface area contributed by atoms with Crippen molar-refractivity contribution in [3.05, 3.63) is 56.1 Å². The van der Waals surface area contributed by atoms with Crippen molar-refractivity contribution >= 4 is 51.8 Å². The summed E-state index contributed by atoms with van der Waals surface area (Å²) in [4.78, 5) is 23.1. The Labute approximate surface area is 138 Å². The normalized spacial score (nSPS) is 10.2. The van der Waals surface area contributed by atoms with Crippen LogP contribution in [0.25, 0.3) is 0 Å². The molecule has 7 heteroatoms. The number of nitrogens with one attached hydrogen (secondary N) is 1. The summed E-state index contributed by atoms with van der Waals surface area (Å²) in [6, 6.07) is 8.78. The van der Waals surface area contributed by atoms with Crippen LogP contribution in [0.15, 0.2) is 36.4 Å². The second kappa shape index (κ2) is 6.31. The van der Waals surface area contributed by atoms with E-state index in [1.807, 2.05) is 0 Å². The Hall–Kier alpha value is -1.80. The summed E-state index contributed by atoms with van der Waals surface area (Å²) in [6.45, 7) is 0. The molecule has 0 radical (unpaired) electrons. The van der Waals surface area contributed by atoms with E-state index in [0.29, 0.717) is 5.02 Å². The van der Waals surface area contributed by atoms with Gasteiger partial charge in [-0.25, -0.2) is 4.79 Å². The summed E-state index contributed by atoms with van der Waals surface area (Å²) >= 11 is 8.02. The van der Waals surface area contributed by atoms with Gasteiger partial charge in [0.1, 0.15) is 11.3 Å². The number of anilines is 1. The summed E-state index contributed by atoms with van der Waals surface area (Å²) in [6.07, 6.45) is 0. The van der Waals surface area contributed by atoms with Crippen molar-refractivity contribution in [2.24, 2.45) is 0 Å². The van der Waals surface area contributed by atoms with E-state index in [-0.39, 0.29) is 22.6 Å². The smallest absolute Gasteiger partial charge is 0.339 e. The van der Waals surface area contributed by atoms with Crippen LogP contribution in [0, 0.1) is 3.57 Å². The fraction of sp³-hybridized carbons (Fsp3) is 0. The van der Waals surface area contributed by atoms with Crippen molar-refractivity contribution in [2.75, 3.05) is 5.32 Å². The van der Waals surface area contributed by atoms with Gasteiger partial charge in [0.15, 0.2) is 0 Å². The van der Waals surface area contributed by atoms with Crippen LogP contribution in [-0.4, -0.2) is 22.1 Å². The van der Waals surface area contributed by atoms with Gasteiger partial charge in [-0.2, -0.15) is 0 Å². The zero-order valence-electron chi connectivity index (χ0n) is 10.4. The molecule has 2 aromatic rings. The van der Waals surface area contributed by atoms with Gasteiger partial charge in [0.05, 0.1) is 10.6 Å². The number of halogens is 2. The third kappa shape index (κ3) is 3.64. The number of phenols is 1. The van der Waals surface area contributed by atoms with Crippen molar-refractivity contribution in [3.8, 4) is 5.75 Å². The van der Waals surface area contributed by atoms with Gasteiger partial charge in [-0.05, 0) is 59.0 Å². The van der Waals surface area contributed by atoms with Crippen LogP contribution < -0.4 is 5.32 Å². The first kappa shape index (κ1) is 15.6. The fourth-order valence-electron chi connectivity index (χ4n) is 1.66. The molecule has 5 nitrogen and oxygen atoms in total. The van der Waals surface area contributed by atoms with Crippen molar-refractivity contribution in [2.45, 2.75) is 0 Å². The molecule has 2 aromatic carbocycles. The first-order chi connectivity index (χ1) is 9.88. The molecule has 0 saturated carbocycles. The number of aromatic carboxylic acids is 1. The highest BCUT2D eigenvalue weighted by atomic mass is 127. The molecule has 0 fully saturated rings. The Morgan fingerprint density at radius 1 is 1.10 bits per heavy atom. The number of carboxylic acid groups (broad SMARTS) is 1. The summed E-state index contributed by atoms with van der Waals surface area (Å²) in [7, 11) is 0. The van der Waals surface area contributed by atoms with Crippen molar-refractivity contribution in [1.29, 1.82) is 0 Å². The van der Waals surface area contributed by atoms with E-state index in [1.165, 1.54) is 18.2 Å². The molecule has 0 aliphatic carbocycles. The number of hydrogen-bond acceptors (Lipinski definition) is 3. The van der Waals surface area contributed by atoms with Crippen LogP contribution in [0.3, 0.4) is 0 Å². The molecule has 108 valence electrons. The van der Waals surface area contributed by atoms with Crippen LogP contribution in [0.2, 0.25) is 5.02 Å². The Morgan fingerprint density at radius 3 is 2.48 bits per heavy atom. The van der Waals surface area contributed by atoms with Gasteiger partial charge in [-0.15, -0.1) is 0 Å². The Kier molecular flexibility index (Phi) is 4.69. The molecule has 0 aromatic heterocycles. The summed E-state index contributed by atoms with van der Waals surface area (Å²) in [5, 5.41) is 21.2. The zero-order chi connectivity index (χ0) is 15.6. The van der Waals surface area contributed by atoms with E-state index >= 15 is 0 Å². The molecule has 2 rings (SSSR count). The van der Waals surface area contributed by atoms with Crippen LogP contribution in [0.4, 0.5) is 5.69 Å². The number of aromatic hydroxyl groups is 1. The molecular formula is C14H9ClINO4. The maximum atomic E-state index is 12.1. The predicted molar refractivity (Wildman–Crippen MR) is 87.2 cm³/mol. The molecule has 21 heavy (non-hydrogen) atoms. The van der Waals surface area contributed by atoms with Gasteiger partial charge < -0.3 is 15.5 Å². The number of carbonyl (C=O) groups excluding carboxylic acids is 1. The number of rotatable bonds is 3.